The average molecular weight is 435 g/mol. The lowest BCUT2D eigenvalue weighted by Gasteiger charge is -2.37. The van der Waals surface area contributed by atoms with E-state index < -0.39 is 11.6 Å². The normalized spacial score (nSPS) is 22.6. The Morgan fingerprint density at radius 3 is 2.57 bits per heavy atom. The molecule has 1 aromatic carbocycles. The van der Waals surface area contributed by atoms with E-state index in [1.807, 2.05) is 36.1 Å². The first-order valence-corrected chi connectivity index (χ1v) is 11.2. The maximum atomic E-state index is 12.9. The number of nitrogens with one attached hydrogen (secondary N) is 2. The van der Waals surface area contributed by atoms with Crippen LogP contribution in [-0.2, 0) is 9.59 Å². The van der Waals surface area contributed by atoms with Gasteiger partial charge in [0.05, 0.1) is 0 Å². The van der Waals surface area contributed by atoms with Gasteiger partial charge >= 0.3 is 6.03 Å². The predicted molar refractivity (Wildman–Crippen MR) is 118 cm³/mol. The zero-order chi connectivity index (χ0) is 21.7. The van der Waals surface area contributed by atoms with Gasteiger partial charge in [0.2, 0.25) is 5.91 Å². The van der Waals surface area contributed by atoms with Gasteiger partial charge in [-0.1, -0.05) is 44.4 Å². The molecule has 2 fully saturated rings. The Morgan fingerprint density at radius 2 is 1.97 bits per heavy atom. The van der Waals surface area contributed by atoms with Crippen LogP contribution in [0.4, 0.5) is 10.5 Å². The third kappa shape index (κ3) is 4.89. The van der Waals surface area contributed by atoms with Gasteiger partial charge in [0, 0.05) is 43.3 Å². The molecular weight excluding hydrogens is 404 g/mol. The van der Waals surface area contributed by atoms with Crippen LogP contribution in [0.3, 0.4) is 0 Å². The van der Waals surface area contributed by atoms with Crippen molar-refractivity contribution in [3.63, 3.8) is 0 Å². The van der Waals surface area contributed by atoms with E-state index in [9.17, 15) is 14.4 Å². The number of unbranched alkanes of at least 4 members (excludes halogenated alkanes) is 1. The molecule has 0 spiro atoms. The fraction of sp³-hybridized carbons (Fsp3) is 0.591. The zero-order valence-electron chi connectivity index (χ0n) is 17.7. The Bertz CT molecular complexity index is 794. The van der Waals surface area contributed by atoms with Gasteiger partial charge in [-0.25, -0.2) is 4.79 Å². The molecule has 2 atom stereocenters. The van der Waals surface area contributed by atoms with Crippen LogP contribution in [0.1, 0.15) is 46.0 Å². The fourth-order valence-electron chi connectivity index (χ4n) is 4.38. The van der Waals surface area contributed by atoms with Gasteiger partial charge in [0.15, 0.2) is 0 Å². The SMILES string of the molecule is CCCCC(C)C1(CCC(=O)N2CCN(c3cccc(Cl)c3)CC2)NC(=O)NC1=O. The summed E-state index contributed by atoms with van der Waals surface area (Å²) in [5.74, 6) is -0.317. The number of anilines is 1. The highest BCUT2D eigenvalue weighted by Gasteiger charge is 2.49. The standard InChI is InChI=1S/C22H31ClN4O3/c1-3-4-6-16(2)22(20(29)24-21(30)25-22)10-9-19(28)27-13-11-26(12-14-27)18-8-5-7-17(23)15-18/h5,7-8,15-16H,3-4,6,9-14H2,1-2H3,(H2,24,25,29,30). The molecule has 2 heterocycles. The van der Waals surface area contributed by atoms with Crippen molar-refractivity contribution in [1.82, 2.24) is 15.5 Å². The molecule has 2 N–H and O–H groups in total. The molecular formula is C22H31ClN4O3. The molecule has 0 aromatic heterocycles. The molecule has 164 valence electrons. The summed E-state index contributed by atoms with van der Waals surface area (Å²) in [4.78, 5) is 41.4. The third-order valence-electron chi connectivity index (χ3n) is 6.34. The van der Waals surface area contributed by atoms with Crippen LogP contribution < -0.4 is 15.5 Å². The Kier molecular flexibility index (Phi) is 7.23. The molecule has 30 heavy (non-hydrogen) atoms. The van der Waals surface area contributed by atoms with Crippen LogP contribution in [0.15, 0.2) is 24.3 Å². The monoisotopic (exact) mass is 434 g/mol. The number of imide groups is 1. The molecule has 7 nitrogen and oxygen atoms in total. The van der Waals surface area contributed by atoms with E-state index in [0.29, 0.717) is 24.5 Å². The van der Waals surface area contributed by atoms with E-state index in [1.54, 1.807) is 0 Å². The summed E-state index contributed by atoms with van der Waals surface area (Å²) in [6, 6.07) is 7.26. The molecule has 8 heteroatoms. The van der Waals surface area contributed by atoms with Gasteiger partial charge < -0.3 is 15.1 Å². The number of rotatable bonds is 8. The Labute approximate surface area is 183 Å². The van der Waals surface area contributed by atoms with E-state index >= 15 is 0 Å². The van der Waals surface area contributed by atoms with Crippen LogP contribution in [0.5, 0.6) is 0 Å². The van der Waals surface area contributed by atoms with Crippen molar-refractivity contribution in [2.24, 2.45) is 5.92 Å². The average Bonchev–Trinajstić information content (AvgIpc) is 3.04. The van der Waals surface area contributed by atoms with E-state index in [0.717, 1.165) is 38.0 Å². The molecule has 0 saturated carbocycles. The molecule has 0 radical (unpaired) electrons. The molecule has 0 bridgehead atoms. The first-order valence-electron chi connectivity index (χ1n) is 10.8. The van der Waals surface area contributed by atoms with Crippen LogP contribution >= 0.6 is 11.6 Å². The zero-order valence-corrected chi connectivity index (χ0v) is 18.5. The van der Waals surface area contributed by atoms with Crippen molar-refractivity contribution in [3.05, 3.63) is 29.3 Å². The van der Waals surface area contributed by atoms with Crippen LogP contribution in [0.2, 0.25) is 5.02 Å². The number of urea groups is 1. The first-order chi connectivity index (χ1) is 14.4. The van der Waals surface area contributed by atoms with Crippen molar-refractivity contribution in [1.29, 1.82) is 0 Å². The van der Waals surface area contributed by atoms with Gasteiger partial charge in [-0.15, -0.1) is 0 Å². The lowest BCUT2D eigenvalue weighted by atomic mass is 9.78. The van der Waals surface area contributed by atoms with Gasteiger partial charge in [-0.05, 0) is 37.0 Å². The molecule has 4 amide bonds. The van der Waals surface area contributed by atoms with Crippen molar-refractivity contribution >= 4 is 35.1 Å². The summed E-state index contributed by atoms with van der Waals surface area (Å²) < 4.78 is 0. The van der Waals surface area contributed by atoms with E-state index in [4.69, 9.17) is 11.6 Å². The summed E-state index contributed by atoms with van der Waals surface area (Å²) >= 11 is 6.09. The number of benzene rings is 1. The topological polar surface area (TPSA) is 81.8 Å². The summed E-state index contributed by atoms with van der Waals surface area (Å²) in [7, 11) is 0. The number of carbonyl (C=O) groups is 3. The molecule has 2 aliphatic rings. The summed E-state index contributed by atoms with van der Waals surface area (Å²) in [5.41, 5.74) is 0.0634. The van der Waals surface area contributed by atoms with Crippen molar-refractivity contribution in [2.45, 2.75) is 51.5 Å². The summed E-state index contributed by atoms with van der Waals surface area (Å²) in [6.45, 7) is 6.81. The fourth-order valence-corrected chi connectivity index (χ4v) is 4.56. The number of hydrogen-bond donors (Lipinski definition) is 2. The maximum absolute atomic E-state index is 12.9. The van der Waals surface area contributed by atoms with E-state index in [2.05, 4.69) is 22.5 Å². The number of nitrogens with zero attached hydrogens (tertiary/aromatic N) is 2. The summed E-state index contributed by atoms with van der Waals surface area (Å²) in [6.07, 6.45) is 3.39. The molecule has 2 unspecified atom stereocenters. The number of amides is 4. The first kappa shape index (κ1) is 22.4. The molecule has 1 aromatic rings. The van der Waals surface area contributed by atoms with Gasteiger partial charge in [-0.2, -0.15) is 0 Å². The number of hydrogen-bond acceptors (Lipinski definition) is 4. The maximum Gasteiger partial charge on any atom is 0.322 e. The molecule has 2 saturated heterocycles. The van der Waals surface area contributed by atoms with Gasteiger partial charge in [0.1, 0.15) is 5.54 Å². The highest BCUT2D eigenvalue weighted by molar-refractivity contribution is 6.30. The van der Waals surface area contributed by atoms with Crippen molar-refractivity contribution in [2.75, 3.05) is 31.1 Å². The molecule has 0 aliphatic carbocycles. The second-order valence-electron chi connectivity index (χ2n) is 8.27. The molecule has 3 rings (SSSR count). The minimum absolute atomic E-state index is 0.0248. The lowest BCUT2D eigenvalue weighted by Crippen LogP contribution is -2.54. The highest BCUT2D eigenvalue weighted by Crippen LogP contribution is 2.31. The number of piperazine rings is 1. The quantitative estimate of drug-likeness (QED) is 0.616. The van der Waals surface area contributed by atoms with Crippen LogP contribution in [-0.4, -0.2) is 54.5 Å². The van der Waals surface area contributed by atoms with Crippen molar-refractivity contribution in [3.8, 4) is 0 Å². The van der Waals surface area contributed by atoms with E-state index in [1.165, 1.54) is 0 Å². The van der Waals surface area contributed by atoms with Crippen LogP contribution in [0.25, 0.3) is 0 Å². The van der Waals surface area contributed by atoms with E-state index in [-0.39, 0.29) is 24.2 Å². The smallest absolute Gasteiger partial charge is 0.322 e. The van der Waals surface area contributed by atoms with Crippen LogP contribution in [0, 0.1) is 5.92 Å². The second-order valence-corrected chi connectivity index (χ2v) is 8.71. The largest absolute Gasteiger partial charge is 0.368 e. The minimum atomic E-state index is -0.996. The van der Waals surface area contributed by atoms with Gasteiger partial charge in [0.25, 0.3) is 5.91 Å². The Morgan fingerprint density at radius 1 is 1.23 bits per heavy atom. The second kappa shape index (κ2) is 9.69. The Hall–Kier alpha value is -2.28. The Balaban J connectivity index is 1.57. The third-order valence-corrected chi connectivity index (χ3v) is 6.57. The number of halogens is 1. The van der Waals surface area contributed by atoms with Crippen molar-refractivity contribution < 1.29 is 14.4 Å². The predicted octanol–water partition coefficient (Wildman–Crippen LogP) is 3.17. The molecule has 2 aliphatic heterocycles. The number of carbonyl (C=O) groups excluding carboxylic acids is 3. The lowest BCUT2D eigenvalue weighted by molar-refractivity contribution is -0.133. The summed E-state index contributed by atoms with van der Waals surface area (Å²) in [5, 5.41) is 5.89. The highest BCUT2D eigenvalue weighted by atomic mass is 35.5. The van der Waals surface area contributed by atoms with Gasteiger partial charge in [-0.3, -0.25) is 14.9 Å². The minimum Gasteiger partial charge on any atom is -0.368 e.